The summed E-state index contributed by atoms with van der Waals surface area (Å²) in [4.78, 5) is 0. The van der Waals surface area contributed by atoms with Crippen molar-refractivity contribution in [1.29, 1.82) is 0 Å². The molecule has 0 aromatic carbocycles. The summed E-state index contributed by atoms with van der Waals surface area (Å²) in [5.41, 5.74) is 0. The van der Waals surface area contributed by atoms with Crippen LogP contribution in [0.15, 0.2) is 0 Å². The normalized spacial score (nSPS) is 21.4. The molecular formula is C12H20. The van der Waals surface area contributed by atoms with Crippen LogP contribution < -0.4 is 0 Å². The van der Waals surface area contributed by atoms with Crippen molar-refractivity contribution in [3.8, 4) is 11.8 Å². The predicted molar refractivity (Wildman–Crippen MR) is 53.9 cm³/mol. The second-order valence-electron chi connectivity index (χ2n) is 3.79. The fraction of sp³-hybridized carbons (Fsp3) is 0.833. The monoisotopic (exact) mass is 164 g/mol. The van der Waals surface area contributed by atoms with Gasteiger partial charge in [0.15, 0.2) is 0 Å². The minimum Gasteiger partial charge on any atom is -0.106 e. The zero-order valence-corrected chi connectivity index (χ0v) is 8.23. The molecule has 0 nitrogen and oxygen atoms in total. The molecule has 1 saturated carbocycles. The minimum atomic E-state index is 0.716. The van der Waals surface area contributed by atoms with Crippen LogP contribution in [0.4, 0.5) is 0 Å². The summed E-state index contributed by atoms with van der Waals surface area (Å²) in [5, 5.41) is 0. The molecule has 0 N–H and O–H groups in total. The third-order valence-corrected chi connectivity index (χ3v) is 2.70. The lowest BCUT2D eigenvalue weighted by molar-refractivity contribution is 0.525. The van der Waals surface area contributed by atoms with E-state index < -0.39 is 0 Å². The van der Waals surface area contributed by atoms with E-state index in [9.17, 15) is 0 Å². The van der Waals surface area contributed by atoms with Gasteiger partial charge in [0.1, 0.15) is 0 Å². The van der Waals surface area contributed by atoms with E-state index in [0.29, 0.717) is 5.92 Å². The van der Waals surface area contributed by atoms with E-state index in [2.05, 4.69) is 11.8 Å². The van der Waals surface area contributed by atoms with Gasteiger partial charge in [-0.2, -0.15) is 0 Å². The Hall–Kier alpha value is -0.440. The zero-order chi connectivity index (χ0) is 8.65. The molecule has 0 atom stereocenters. The van der Waals surface area contributed by atoms with Crippen LogP contribution in [-0.4, -0.2) is 0 Å². The van der Waals surface area contributed by atoms with Crippen molar-refractivity contribution < 1.29 is 0 Å². The fourth-order valence-electron chi connectivity index (χ4n) is 1.98. The summed E-state index contributed by atoms with van der Waals surface area (Å²) in [7, 11) is 0. The molecule has 0 spiro atoms. The smallest absolute Gasteiger partial charge is 0.0202 e. The Bertz CT molecular complexity index is 149. The van der Waals surface area contributed by atoms with Gasteiger partial charge in [-0.05, 0) is 19.8 Å². The SMILES string of the molecule is CC#CC1CCCCCCCC1. The van der Waals surface area contributed by atoms with Crippen LogP contribution in [0, 0.1) is 17.8 Å². The van der Waals surface area contributed by atoms with Crippen LogP contribution in [0.2, 0.25) is 0 Å². The highest BCUT2D eigenvalue weighted by Crippen LogP contribution is 2.20. The Morgan fingerprint density at radius 3 is 1.83 bits per heavy atom. The fourth-order valence-corrected chi connectivity index (χ4v) is 1.98. The third-order valence-electron chi connectivity index (χ3n) is 2.70. The Morgan fingerprint density at radius 2 is 1.33 bits per heavy atom. The Labute approximate surface area is 76.7 Å². The molecule has 0 radical (unpaired) electrons. The predicted octanol–water partition coefficient (Wildman–Crippen LogP) is 3.76. The molecule has 12 heavy (non-hydrogen) atoms. The summed E-state index contributed by atoms with van der Waals surface area (Å²) in [5.74, 6) is 7.10. The first-order valence-corrected chi connectivity index (χ1v) is 5.36. The molecule has 0 amide bonds. The van der Waals surface area contributed by atoms with Gasteiger partial charge in [-0.1, -0.05) is 38.5 Å². The third kappa shape index (κ3) is 3.81. The average Bonchev–Trinajstić information content (AvgIpc) is 2.19. The molecule has 0 heteroatoms. The van der Waals surface area contributed by atoms with Gasteiger partial charge in [0.05, 0.1) is 0 Å². The minimum absolute atomic E-state index is 0.716. The van der Waals surface area contributed by atoms with Gasteiger partial charge < -0.3 is 0 Å². The molecule has 1 aliphatic rings. The first kappa shape index (κ1) is 9.65. The van der Waals surface area contributed by atoms with E-state index in [1.807, 2.05) is 6.92 Å². The highest BCUT2D eigenvalue weighted by Gasteiger charge is 2.06. The van der Waals surface area contributed by atoms with Crippen molar-refractivity contribution in [1.82, 2.24) is 0 Å². The van der Waals surface area contributed by atoms with Crippen molar-refractivity contribution in [2.75, 3.05) is 0 Å². The van der Waals surface area contributed by atoms with Crippen molar-refractivity contribution in [3.05, 3.63) is 0 Å². The maximum atomic E-state index is 3.33. The van der Waals surface area contributed by atoms with E-state index in [4.69, 9.17) is 0 Å². The van der Waals surface area contributed by atoms with Gasteiger partial charge in [0.25, 0.3) is 0 Å². The molecular weight excluding hydrogens is 144 g/mol. The molecule has 0 unspecified atom stereocenters. The summed E-state index contributed by atoms with van der Waals surface area (Å²) in [6, 6.07) is 0. The molecule has 0 aromatic heterocycles. The molecule has 0 heterocycles. The lowest BCUT2D eigenvalue weighted by Crippen LogP contribution is -1.96. The maximum absolute atomic E-state index is 3.33. The van der Waals surface area contributed by atoms with Crippen LogP contribution in [0.3, 0.4) is 0 Å². The molecule has 1 fully saturated rings. The van der Waals surface area contributed by atoms with Crippen LogP contribution >= 0.6 is 0 Å². The summed E-state index contributed by atoms with van der Waals surface area (Å²) in [6.07, 6.45) is 11.3. The topological polar surface area (TPSA) is 0 Å². The van der Waals surface area contributed by atoms with Gasteiger partial charge in [-0.3, -0.25) is 0 Å². The van der Waals surface area contributed by atoms with E-state index in [1.165, 1.54) is 51.4 Å². The molecule has 0 aromatic rings. The van der Waals surface area contributed by atoms with Gasteiger partial charge in [-0.25, -0.2) is 0 Å². The van der Waals surface area contributed by atoms with E-state index >= 15 is 0 Å². The second-order valence-corrected chi connectivity index (χ2v) is 3.79. The molecule has 1 aliphatic carbocycles. The van der Waals surface area contributed by atoms with Crippen LogP contribution in [-0.2, 0) is 0 Å². The van der Waals surface area contributed by atoms with Crippen LogP contribution in [0.1, 0.15) is 58.3 Å². The van der Waals surface area contributed by atoms with Gasteiger partial charge in [0, 0.05) is 5.92 Å². The maximum Gasteiger partial charge on any atom is 0.0202 e. The summed E-state index contributed by atoms with van der Waals surface area (Å²) in [6.45, 7) is 1.96. The highest BCUT2D eigenvalue weighted by atomic mass is 14.1. The largest absolute Gasteiger partial charge is 0.106 e. The lowest BCUT2D eigenvalue weighted by Gasteiger charge is -2.07. The summed E-state index contributed by atoms with van der Waals surface area (Å²) < 4.78 is 0. The molecule has 68 valence electrons. The molecule has 1 rings (SSSR count). The van der Waals surface area contributed by atoms with E-state index in [-0.39, 0.29) is 0 Å². The Morgan fingerprint density at radius 1 is 0.833 bits per heavy atom. The van der Waals surface area contributed by atoms with Gasteiger partial charge in [0.2, 0.25) is 0 Å². The standard InChI is InChI=1S/C12H20/c1-2-9-12-10-7-5-3-4-6-8-11-12/h12H,3-8,10-11H2,1H3. The second kappa shape index (κ2) is 6.12. The van der Waals surface area contributed by atoms with E-state index in [0.717, 1.165) is 0 Å². The number of rotatable bonds is 0. The lowest BCUT2D eigenvalue weighted by atomic mass is 9.98. The van der Waals surface area contributed by atoms with Gasteiger partial charge >= 0.3 is 0 Å². The molecule has 0 saturated heterocycles. The molecule has 0 aliphatic heterocycles. The molecule has 0 bridgehead atoms. The number of hydrogen-bond donors (Lipinski definition) is 0. The average molecular weight is 164 g/mol. The first-order chi connectivity index (χ1) is 5.93. The van der Waals surface area contributed by atoms with Gasteiger partial charge in [-0.15, -0.1) is 11.8 Å². The van der Waals surface area contributed by atoms with Crippen molar-refractivity contribution in [2.24, 2.45) is 5.92 Å². The number of hydrogen-bond acceptors (Lipinski definition) is 0. The Balaban J connectivity index is 2.31. The van der Waals surface area contributed by atoms with Crippen LogP contribution in [0.25, 0.3) is 0 Å². The zero-order valence-electron chi connectivity index (χ0n) is 8.23. The van der Waals surface area contributed by atoms with Crippen molar-refractivity contribution in [3.63, 3.8) is 0 Å². The van der Waals surface area contributed by atoms with Crippen molar-refractivity contribution >= 4 is 0 Å². The highest BCUT2D eigenvalue weighted by molar-refractivity contribution is 5.00. The quantitative estimate of drug-likeness (QED) is 0.478. The van der Waals surface area contributed by atoms with Crippen LogP contribution in [0.5, 0.6) is 0 Å². The van der Waals surface area contributed by atoms with Crippen molar-refractivity contribution in [2.45, 2.75) is 58.3 Å². The Kier molecular flexibility index (Phi) is 4.92. The van der Waals surface area contributed by atoms with E-state index in [1.54, 1.807) is 0 Å². The first-order valence-electron chi connectivity index (χ1n) is 5.36. The summed E-state index contributed by atoms with van der Waals surface area (Å²) >= 11 is 0.